The van der Waals surface area contributed by atoms with Crippen LogP contribution in [0.5, 0.6) is 0 Å². The molecule has 0 aromatic carbocycles. The number of carboxylic acid groups (broad SMARTS) is 1. The number of carboxylic acids is 1. The zero-order valence-corrected chi connectivity index (χ0v) is 8.60. The lowest BCUT2D eigenvalue weighted by atomic mass is 10.1. The maximum absolute atomic E-state index is 11.1. The number of carbonyl (C=O) groups is 1. The summed E-state index contributed by atoms with van der Waals surface area (Å²) in [6, 6.07) is 5.78. The number of aromatic carboxylic acids is 1. The number of pyridine rings is 1. The summed E-state index contributed by atoms with van der Waals surface area (Å²) >= 11 is 0. The Kier molecular flexibility index (Phi) is 2.46. The molecule has 0 atom stereocenters. The van der Waals surface area contributed by atoms with Crippen LogP contribution in [0.1, 0.15) is 29.3 Å². The molecule has 3 nitrogen and oxygen atoms in total. The summed E-state index contributed by atoms with van der Waals surface area (Å²) in [6.07, 6.45) is 5.32. The number of nitrogens with zero attached hydrogens (tertiary/aromatic N) is 1. The SMILES string of the molecule is CCCc1c(C(=O)O)cn2ccccc12. The van der Waals surface area contributed by atoms with Crippen LogP contribution in [-0.4, -0.2) is 15.5 Å². The number of hydrogen-bond donors (Lipinski definition) is 1. The molecule has 0 fully saturated rings. The summed E-state index contributed by atoms with van der Waals surface area (Å²) in [7, 11) is 0. The van der Waals surface area contributed by atoms with Gasteiger partial charge in [-0.1, -0.05) is 19.4 Å². The van der Waals surface area contributed by atoms with Gasteiger partial charge in [-0.2, -0.15) is 0 Å². The Bertz CT molecular complexity index is 499. The minimum absolute atomic E-state index is 0.419. The van der Waals surface area contributed by atoms with Crippen molar-refractivity contribution in [2.24, 2.45) is 0 Å². The van der Waals surface area contributed by atoms with Gasteiger partial charge >= 0.3 is 5.97 Å². The van der Waals surface area contributed by atoms with E-state index in [1.165, 1.54) is 0 Å². The van der Waals surface area contributed by atoms with Crippen LogP contribution in [0.2, 0.25) is 0 Å². The maximum atomic E-state index is 11.1. The van der Waals surface area contributed by atoms with Gasteiger partial charge < -0.3 is 9.51 Å². The Labute approximate surface area is 88.0 Å². The molecule has 0 unspecified atom stereocenters. The van der Waals surface area contributed by atoms with Gasteiger partial charge in [0.05, 0.1) is 5.56 Å². The van der Waals surface area contributed by atoms with Crippen molar-refractivity contribution in [3.05, 3.63) is 41.7 Å². The van der Waals surface area contributed by atoms with Crippen LogP contribution < -0.4 is 0 Å². The molecule has 15 heavy (non-hydrogen) atoms. The Morgan fingerprint density at radius 1 is 1.47 bits per heavy atom. The molecule has 0 aliphatic carbocycles. The van der Waals surface area contributed by atoms with Crippen molar-refractivity contribution < 1.29 is 9.90 Å². The molecule has 3 heteroatoms. The molecule has 78 valence electrons. The first-order valence-corrected chi connectivity index (χ1v) is 5.06. The van der Waals surface area contributed by atoms with Gasteiger partial charge in [0, 0.05) is 17.9 Å². The topological polar surface area (TPSA) is 41.7 Å². The van der Waals surface area contributed by atoms with E-state index in [4.69, 9.17) is 5.11 Å². The van der Waals surface area contributed by atoms with Gasteiger partial charge in [-0.3, -0.25) is 0 Å². The highest BCUT2D eigenvalue weighted by Crippen LogP contribution is 2.20. The lowest BCUT2D eigenvalue weighted by Gasteiger charge is -1.98. The minimum Gasteiger partial charge on any atom is -0.478 e. The summed E-state index contributed by atoms with van der Waals surface area (Å²) < 4.78 is 1.87. The Morgan fingerprint density at radius 3 is 2.93 bits per heavy atom. The molecule has 2 aromatic heterocycles. The third-order valence-electron chi connectivity index (χ3n) is 2.52. The highest BCUT2D eigenvalue weighted by molar-refractivity contribution is 5.92. The zero-order valence-electron chi connectivity index (χ0n) is 8.60. The van der Waals surface area contributed by atoms with Crippen LogP contribution in [0.25, 0.3) is 5.52 Å². The fourth-order valence-corrected chi connectivity index (χ4v) is 1.88. The number of fused-ring (bicyclic) bond motifs is 1. The average molecular weight is 203 g/mol. The summed E-state index contributed by atoms with van der Waals surface area (Å²) in [5, 5.41) is 9.08. The van der Waals surface area contributed by atoms with Gasteiger partial charge in [0.1, 0.15) is 0 Å². The molecule has 0 radical (unpaired) electrons. The van der Waals surface area contributed by atoms with E-state index >= 15 is 0 Å². The van der Waals surface area contributed by atoms with Crippen LogP contribution >= 0.6 is 0 Å². The average Bonchev–Trinajstić information content (AvgIpc) is 2.58. The third-order valence-corrected chi connectivity index (χ3v) is 2.52. The summed E-state index contributed by atoms with van der Waals surface area (Å²) in [5.74, 6) is -0.845. The maximum Gasteiger partial charge on any atom is 0.337 e. The molecule has 0 aliphatic rings. The van der Waals surface area contributed by atoms with Crippen LogP contribution in [0.15, 0.2) is 30.6 Å². The molecule has 0 saturated carbocycles. The summed E-state index contributed by atoms with van der Waals surface area (Å²) in [6.45, 7) is 2.05. The fraction of sp³-hybridized carbons (Fsp3) is 0.250. The van der Waals surface area contributed by atoms with Crippen molar-refractivity contribution in [1.82, 2.24) is 4.40 Å². The van der Waals surface area contributed by atoms with Crippen LogP contribution in [0.3, 0.4) is 0 Å². The van der Waals surface area contributed by atoms with Crippen LogP contribution in [-0.2, 0) is 6.42 Å². The quantitative estimate of drug-likeness (QED) is 0.833. The van der Waals surface area contributed by atoms with Crippen molar-refractivity contribution in [3.8, 4) is 0 Å². The first-order valence-electron chi connectivity index (χ1n) is 5.06. The second-order valence-corrected chi connectivity index (χ2v) is 3.57. The molecule has 0 aliphatic heterocycles. The van der Waals surface area contributed by atoms with Crippen molar-refractivity contribution in [3.63, 3.8) is 0 Å². The molecule has 2 rings (SSSR count). The molecule has 0 saturated heterocycles. The summed E-state index contributed by atoms with van der Waals surface area (Å²) in [4.78, 5) is 11.1. The lowest BCUT2D eigenvalue weighted by Crippen LogP contribution is -1.98. The first-order chi connectivity index (χ1) is 7.24. The number of aryl methyl sites for hydroxylation is 1. The van der Waals surface area contributed by atoms with E-state index in [0.717, 1.165) is 23.9 Å². The summed E-state index contributed by atoms with van der Waals surface area (Å²) in [5.41, 5.74) is 2.35. The molecule has 1 N–H and O–H groups in total. The van der Waals surface area contributed by atoms with E-state index < -0.39 is 5.97 Å². The van der Waals surface area contributed by atoms with E-state index in [0.29, 0.717) is 5.56 Å². The van der Waals surface area contributed by atoms with Gasteiger partial charge in [-0.25, -0.2) is 4.79 Å². The lowest BCUT2D eigenvalue weighted by molar-refractivity contribution is 0.0696. The minimum atomic E-state index is -0.845. The van der Waals surface area contributed by atoms with Gasteiger partial charge in [-0.15, -0.1) is 0 Å². The number of aromatic nitrogens is 1. The number of rotatable bonds is 3. The van der Waals surface area contributed by atoms with Crippen LogP contribution in [0, 0.1) is 0 Å². The molecule has 0 spiro atoms. The predicted molar refractivity (Wildman–Crippen MR) is 58.4 cm³/mol. The van der Waals surface area contributed by atoms with E-state index in [2.05, 4.69) is 6.92 Å². The van der Waals surface area contributed by atoms with Gasteiger partial charge in [0.25, 0.3) is 0 Å². The highest BCUT2D eigenvalue weighted by atomic mass is 16.4. The smallest absolute Gasteiger partial charge is 0.337 e. The van der Waals surface area contributed by atoms with Crippen molar-refractivity contribution in [2.45, 2.75) is 19.8 Å². The molecule has 2 aromatic rings. The highest BCUT2D eigenvalue weighted by Gasteiger charge is 2.14. The fourth-order valence-electron chi connectivity index (χ4n) is 1.88. The molecule has 0 bridgehead atoms. The third kappa shape index (κ3) is 1.61. The second kappa shape index (κ2) is 3.77. The Morgan fingerprint density at radius 2 is 2.27 bits per heavy atom. The van der Waals surface area contributed by atoms with E-state index in [-0.39, 0.29) is 0 Å². The largest absolute Gasteiger partial charge is 0.478 e. The van der Waals surface area contributed by atoms with E-state index in [1.54, 1.807) is 6.20 Å². The predicted octanol–water partition coefficient (Wildman–Crippen LogP) is 2.59. The van der Waals surface area contributed by atoms with Gasteiger partial charge in [-0.05, 0) is 24.1 Å². The monoisotopic (exact) mass is 203 g/mol. The second-order valence-electron chi connectivity index (χ2n) is 3.57. The molecule has 2 heterocycles. The van der Waals surface area contributed by atoms with Gasteiger partial charge in [0.2, 0.25) is 0 Å². The molecular weight excluding hydrogens is 190 g/mol. The Balaban J connectivity index is 2.68. The van der Waals surface area contributed by atoms with Crippen molar-refractivity contribution >= 4 is 11.5 Å². The van der Waals surface area contributed by atoms with Crippen molar-refractivity contribution in [1.29, 1.82) is 0 Å². The first kappa shape index (κ1) is 9.77. The van der Waals surface area contributed by atoms with Crippen molar-refractivity contribution in [2.75, 3.05) is 0 Å². The van der Waals surface area contributed by atoms with E-state index in [1.807, 2.05) is 28.8 Å². The molecule has 0 amide bonds. The standard InChI is InChI=1S/C12H13NO2/c1-2-5-9-10(12(14)15)8-13-7-4-3-6-11(9)13/h3-4,6-8H,2,5H2,1H3,(H,14,15). The zero-order chi connectivity index (χ0) is 10.8. The molecular formula is C12H13NO2. The Hall–Kier alpha value is -1.77. The van der Waals surface area contributed by atoms with Crippen LogP contribution in [0.4, 0.5) is 0 Å². The van der Waals surface area contributed by atoms with Gasteiger partial charge in [0.15, 0.2) is 0 Å². The normalized spacial score (nSPS) is 10.7. The number of hydrogen-bond acceptors (Lipinski definition) is 1. The van der Waals surface area contributed by atoms with E-state index in [9.17, 15) is 4.79 Å².